The Morgan fingerprint density at radius 3 is 2.33 bits per heavy atom. The highest BCUT2D eigenvalue weighted by molar-refractivity contribution is 6.30. The van der Waals surface area contributed by atoms with Crippen LogP contribution in [-0.2, 0) is 11.0 Å². The largest absolute Gasteiger partial charge is 0.450 e. The van der Waals surface area contributed by atoms with Crippen molar-refractivity contribution in [3.63, 3.8) is 0 Å². The standard InChI is InChI=1S/C25H14ClF3O4/c26-17-9-7-16(8-10-17)22-23(31)19-12-11-18(14-20(19)33-24(22)25(27,28)29)32-21(30)13-6-15-4-2-1-3-5-15/h1-14H. The second kappa shape index (κ2) is 8.96. The lowest BCUT2D eigenvalue weighted by Crippen LogP contribution is -2.16. The van der Waals surface area contributed by atoms with Gasteiger partial charge in [-0.2, -0.15) is 13.2 Å². The van der Waals surface area contributed by atoms with E-state index in [0.717, 1.165) is 11.6 Å². The fourth-order valence-corrected chi connectivity index (χ4v) is 3.32. The van der Waals surface area contributed by atoms with Crippen LogP contribution in [0.2, 0.25) is 5.02 Å². The Hall–Kier alpha value is -3.84. The topological polar surface area (TPSA) is 56.5 Å². The average molecular weight is 471 g/mol. The van der Waals surface area contributed by atoms with E-state index in [1.54, 1.807) is 24.3 Å². The maximum absolute atomic E-state index is 13.7. The molecular formula is C25H14ClF3O4. The molecule has 3 aromatic carbocycles. The zero-order chi connectivity index (χ0) is 23.6. The lowest BCUT2D eigenvalue weighted by Gasteiger charge is -2.13. The summed E-state index contributed by atoms with van der Waals surface area (Å²) in [5.41, 5.74) is -1.07. The van der Waals surface area contributed by atoms with Crippen molar-refractivity contribution in [3.8, 4) is 16.9 Å². The SMILES string of the molecule is O=C(C=Cc1ccccc1)Oc1ccc2c(=O)c(-c3ccc(Cl)cc3)c(C(F)(F)F)oc2c1. The summed E-state index contributed by atoms with van der Waals surface area (Å²) in [5.74, 6) is -2.26. The van der Waals surface area contributed by atoms with Gasteiger partial charge in [0.05, 0.1) is 10.9 Å². The van der Waals surface area contributed by atoms with Crippen LogP contribution >= 0.6 is 11.6 Å². The van der Waals surface area contributed by atoms with Gasteiger partial charge in [-0.3, -0.25) is 4.79 Å². The van der Waals surface area contributed by atoms with Crippen LogP contribution in [0.5, 0.6) is 5.75 Å². The van der Waals surface area contributed by atoms with Gasteiger partial charge >= 0.3 is 12.1 Å². The number of hydrogen-bond donors (Lipinski definition) is 0. The first-order valence-corrected chi connectivity index (χ1v) is 9.99. The summed E-state index contributed by atoms with van der Waals surface area (Å²) in [6.07, 6.45) is -2.22. The van der Waals surface area contributed by atoms with Crippen LogP contribution in [0.25, 0.3) is 28.2 Å². The fraction of sp³-hybridized carbons (Fsp3) is 0.0400. The van der Waals surface area contributed by atoms with Crippen molar-refractivity contribution in [1.29, 1.82) is 0 Å². The quantitative estimate of drug-likeness (QED) is 0.188. The van der Waals surface area contributed by atoms with Crippen LogP contribution in [-0.4, -0.2) is 5.97 Å². The molecule has 0 fully saturated rings. The number of carbonyl (C=O) groups excluding carboxylic acids is 1. The number of ether oxygens (including phenoxy) is 1. The number of hydrogen-bond acceptors (Lipinski definition) is 4. The molecule has 0 bridgehead atoms. The van der Waals surface area contributed by atoms with Crippen molar-refractivity contribution in [2.24, 2.45) is 0 Å². The first-order chi connectivity index (χ1) is 15.7. The summed E-state index contributed by atoms with van der Waals surface area (Å²) in [6, 6.07) is 18.0. The molecule has 33 heavy (non-hydrogen) atoms. The molecule has 0 radical (unpaired) electrons. The van der Waals surface area contributed by atoms with E-state index in [2.05, 4.69) is 0 Å². The second-order valence-electron chi connectivity index (χ2n) is 6.96. The Labute approximate surface area is 190 Å². The summed E-state index contributed by atoms with van der Waals surface area (Å²) < 4.78 is 51.5. The van der Waals surface area contributed by atoms with Crippen LogP contribution in [0.4, 0.5) is 13.2 Å². The monoisotopic (exact) mass is 470 g/mol. The molecule has 0 amide bonds. The Balaban J connectivity index is 1.73. The van der Waals surface area contributed by atoms with Crippen molar-refractivity contribution in [3.05, 3.63) is 105 Å². The van der Waals surface area contributed by atoms with Crippen LogP contribution in [0.1, 0.15) is 11.3 Å². The van der Waals surface area contributed by atoms with Gasteiger partial charge in [-0.25, -0.2) is 4.79 Å². The van der Waals surface area contributed by atoms with E-state index in [9.17, 15) is 22.8 Å². The molecule has 8 heteroatoms. The Kier molecular flexibility index (Phi) is 6.07. The summed E-state index contributed by atoms with van der Waals surface area (Å²) in [4.78, 5) is 25.1. The van der Waals surface area contributed by atoms with E-state index < -0.39 is 28.9 Å². The molecule has 166 valence electrons. The normalized spacial score (nSPS) is 11.8. The van der Waals surface area contributed by atoms with Crippen LogP contribution in [0.3, 0.4) is 0 Å². The van der Waals surface area contributed by atoms with E-state index >= 15 is 0 Å². The number of halogens is 4. The van der Waals surface area contributed by atoms with Gasteiger partial charge < -0.3 is 9.15 Å². The molecule has 0 N–H and O–H groups in total. The molecule has 0 spiro atoms. The lowest BCUT2D eigenvalue weighted by atomic mass is 10.0. The first-order valence-electron chi connectivity index (χ1n) is 9.61. The maximum atomic E-state index is 13.7. The van der Waals surface area contributed by atoms with Gasteiger partial charge in [0.1, 0.15) is 11.3 Å². The molecular weight excluding hydrogens is 457 g/mol. The molecule has 0 aliphatic carbocycles. The van der Waals surface area contributed by atoms with Crippen LogP contribution in [0.15, 0.2) is 88.1 Å². The molecule has 1 aromatic heterocycles. The highest BCUT2D eigenvalue weighted by Gasteiger charge is 2.39. The molecule has 4 nitrogen and oxygen atoms in total. The first kappa shape index (κ1) is 22.4. The predicted octanol–water partition coefficient (Wildman–Crippen LogP) is 6.75. The molecule has 4 aromatic rings. The van der Waals surface area contributed by atoms with Gasteiger partial charge in [-0.05, 0) is 41.5 Å². The summed E-state index contributed by atoms with van der Waals surface area (Å²) >= 11 is 5.81. The van der Waals surface area contributed by atoms with E-state index in [1.807, 2.05) is 6.07 Å². The van der Waals surface area contributed by atoms with E-state index in [4.69, 9.17) is 20.8 Å². The minimum absolute atomic E-state index is 0.0175. The Bertz CT molecular complexity index is 1410. The Morgan fingerprint density at radius 2 is 1.67 bits per heavy atom. The molecule has 0 saturated carbocycles. The summed E-state index contributed by atoms with van der Waals surface area (Å²) in [7, 11) is 0. The van der Waals surface area contributed by atoms with E-state index in [-0.39, 0.29) is 22.3 Å². The smallest absolute Gasteiger partial charge is 0.450 e. The number of rotatable bonds is 4. The molecule has 0 aliphatic heterocycles. The third kappa shape index (κ3) is 4.99. The number of carbonyl (C=O) groups is 1. The van der Waals surface area contributed by atoms with Crippen molar-refractivity contribution in [2.75, 3.05) is 0 Å². The summed E-state index contributed by atoms with van der Waals surface area (Å²) in [6.45, 7) is 0. The van der Waals surface area contributed by atoms with Gasteiger partial charge in [0.2, 0.25) is 11.2 Å². The maximum Gasteiger partial charge on any atom is 0.450 e. The number of esters is 1. The van der Waals surface area contributed by atoms with Gasteiger partial charge in [0, 0.05) is 17.2 Å². The van der Waals surface area contributed by atoms with Gasteiger partial charge in [0.15, 0.2) is 0 Å². The van der Waals surface area contributed by atoms with E-state index in [0.29, 0.717) is 5.02 Å². The molecule has 0 unspecified atom stereocenters. The highest BCUT2D eigenvalue weighted by Crippen LogP contribution is 2.38. The van der Waals surface area contributed by atoms with Crippen molar-refractivity contribution < 1.29 is 27.1 Å². The van der Waals surface area contributed by atoms with Crippen molar-refractivity contribution in [2.45, 2.75) is 6.18 Å². The third-order valence-electron chi connectivity index (χ3n) is 4.68. The predicted molar refractivity (Wildman–Crippen MR) is 119 cm³/mol. The van der Waals surface area contributed by atoms with Crippen LogP contribution < -0.4 is 10.2 Å². The number of fused-ring (bicyclic) bond motifs is 1. The van der Waals surface area contributed by atoms with Crippen molar-refractivity contribution >= 4 is 34.6 Å². The third-order valence-corrected chi connectivity index (χ3v) is 4.94. The molecule has 0 saturated heterocycles. The summed E-state index contributed by atoms with van der Waals surface area (Å²) in [5, 5.41) is 0.220. The van der Waals surface area contributed by atoms with Gasteiger partial charge in [-0.15, -0.1) is 0 Å². The highest BCUT2D eigenvalue weighted by atomic mass is 35.5. The molecule has 0 aliphatic rings. The number of alkyl halides is 3. The number of benzene rings is 3. The van der Waals surface area contributed by atoms with Crippen LogP contribution in [0, 0.1) is 0 Å². The van der Waals surface area contributed by atoms with Crippen molar-refractivity contribution in [1.82, 2.24) is 0 Å². The molecule has 0 atom stereocenters. The molecule has 1 heterocycles. The minimum Gasteiger partial charge on any atom is -0.450 e. The fourth-order valence-electron chi connectivity index (χ4n) is 3.19. The second-order valence-corrected chi connectivity index (χ2v) is 7.40. The Morgan fingerprint density at radius 1 is 0.970 bits per heavy atom. The zero-order valence-corrected chi connectivity index (χ0v) is 17.5. The van der Waals surface area contributed by atoms with Gasteiger partial charge in [0.25, 0.3) is 0 Å². The molecule has 4 rings (SSSR count). The van der Waals surface area contributed by atoms with Gasteiger partial charge in [-0.1, -0.05) is 54.1 Å². The average Bonchev–Trinajstić information content (AvgIpc) is 2.78. The van der Waals surface area contributed by atoms with E-state index in [1.165, 1.54) is 48.6 Å². The minimum atomic E-state index is -4.94. The zero-order valence-electron chi connectivity index (χ0n) is 16.7. The lowest BCUT2D eigenvalue weighted by molar-refractivity contribution is -0.152.